The van der Waals surface area contributed by atoms with Crippen molar-refractivity contribution in [1.82, 2.24) is 23.8 Å². The van der Waals surface area contributed by atoms with E-state index in [-0.39, 0.29) is 0 Å². The molecule has 0 saturated carbocycles. The first-order valence-corrected chi connectivity index (χ1v) is 11.1. The molecule has 2 aromatic heterocycles. The molecule has 0 atom stereocenters. The maximum atomic E-state index is 13.3. The Labute approximate surface area is 174 Å². The summed E-state index contributed by atoms with van der Waals surface area (Å²) in [6.45, 7) is 1.92. The van der Waals surface area contributed by atoms with Gasteiger partial charge in [-0.15, -0.1) is 0 Å². The Morgan fingerprint density at radius 2 is 1.63 bits per heavy atom. The number of aromatic nitrogens is 4. The highest BCUT2D eigenvalue weighted by Gasteiger charge is 2.30. The number of sulfonamides is 1. The summed E-state index contributed by atoms with van der Waals surface area (Å²) in [6, 6.07) is 14.9. The van der Waals surface area contributed by atoms with Crippen molar-refractivity contribution < 1.29 is 8.42 Å². The number of fused-ring (bicyclic) bond motifs is 1. The summed E-state index contributed by atoms with van der Waals surface area (Å²) in [5.74, 6) is 1.50. The van der Waals surface area contributed by atoms with Crippen LogP contribution in [0.25, 0.3) is 16.6 Å². The van der Waals surface area contributed by atoms with Crippen molar-refractivity contribution in [3.63, 3.8) is 0 Å². The quantitative estimate of drug-likeness (QED) is 0.504. The minimum atomic E-state index is -3.58. The van der Waals surface area contributed by atoms with E-state index in [1.165, 1.54) is 6.33 Å². The van der Waals surface area contributed by atoms with Crippen LogP contribution in [-0.2, 0) is 10.0 Å². The van der Waals surface area contributed by atoms with Crippen LogP contribution >= 0.6 is 0 Å². The first kappa shape index (κ1) is 18.7. The third-order valence-electron chi connectivity index (χ3n) is 5.34. The van der Waals surface area contributed by atoms with Crippen LogP contribution in [0, 0.1) is 0 Å². The van der Waals surface area contributed by atoms with Crippen molar-refractivity contribution in [2.45, 2.75) is 4.90 Å². The molecule has 9 heteroatoms. The summed E-state index contributed by atoms with van der Waals surface area (Å²) >= 11 is 0. The first-order valence-electron chi connectivity index (χ1n) is 9.66. The lowest BCUT2D eigenvalue weighted by Gasteiger charge is -2.34. The van der Waals surface area contributed by atoms with E-state index in [4.69, 9.17) is 0 Å². The second-order valence-corrected chi connectivity index (χ2v) is 8.98. The van der Waals surface area contributed by atoms with E-state index in [1.54, 1.807) is 29.0 Å². The Morgan fingerprint density at radius 1 is 0.867 bits per heavy atom. The number of piperazine rings is 1. The zero-order valence-electron chi connectivity index (χ0n) is 16.2. The lowest BCUT2D eigenvalue weighted by molar-refractivity contribution is 0.384. The molecule has 3 heterocycles. The highest BCUT2D eigenvalue weighted by molar-refractivity contribution is 7.89. The first-order chi connectivity index (χ1) is 14.6. The normalized spacial score (nSPS) is 15.5. The Morgan fingerprint density at radius 3 is 2.43 bits per heavy atom. The van der Waals surface area contributed by atoms with Crippen LogP contribution in [0.15, 0.2) is 78.5 Å². The van der Waals surface area contributed by atoms with Crippen molar-refractivity contribution in [3.05, 3.63) is 73.6 Å². The molecule has 30 heavy (non-hydrogen) atoms. The zero-order valence-corrected chi connectivity index (χ0v) is 17.0. The number of nitrogens with zero attached hydrogens (tertiary/aromatic N) is 6. The van der Waals surface area contributed by atoms with Gasteiger partial charge >= 0.3 is 0 Å². The van der Waals surface area contributed by atoms with E-state index in [2.05, 4.69) is 19.9 Å². The average molecular weight is 420 g/mol. The molecule has 0 radical (unpaired) electrons. The Balaban J connectivity index is 1.36. The van der Waals surface area contributed by atoms with Gasteiger partial charge < -0.3 is 4.90 Å². The molecule has 8 nitrogen and oxygen atoms in total. The van der Waals surface area contributed by atoms with Gasteiger partial charge in [0, 0.05) is 50.0 Å². The predicted molar refractivity (Wildman–Crippen MR) is 114 cm³/mol. The maximum Gasteiger partial charge on any atom is 0.243 e. The van der Waals surface area contributed by atoms with Gasteiger partial charge in [0.1, 0.15) is 24.3 Å². The van der Waals surface area contributed by atoms with Gasteiger partial charge in [0.2, 0.25) is 10.0 Å². The van der Waals surface area contributed by atoms with Gasteiger partial charge in [-0.3, -0.25) is 4.57 Å². The van der Waals surface area contributed by atoms with E-state index in [0.29, 0.717) is 31.1 Å². The van der Waals surface area contributed by atoms with E-state index >= 15 is 0 Å². The molecule has 0 aliphatic carbocycles. The molecule has 0 amide bonds. The van der Waals surface area contributed by atoms with Crippen molar-refractivity contribution in [2.24, 2.45) is 0 Å². The van der Waals surface area contributed by atoms with E-state index in [0.717, 1.165) is 22.4 Å². The number of hydrogen-bond donors (Lipinski definition) is 0. The minimum Gasteiger partial charge on any atom is -0.354 e. The fraction of sp³-hybridized carbons (Fsp3) is 0.190. The van der Waals surface area contributed by atoms with Gasteiger partial charge in [-0.2, -0.15) is 4.31 Å². The van der Waals surface area contributed by atoms with Crippen LogP contribution in [0.4, 0.5) is 5.82 Å². The summed E-state index contributed by atoms with van der Waals surface area (Å²) in [4.78, 5) is 15.1. The smallest absolute Gasteiger partial charge is 0.243 e. The summed E-state index contributed by atoms with van der Waals surface area (Å²) in [7, 11) is -3.58. The number of rotatable bonds is 4. The standard InChI is InChI=1S/C21H20N6O2S/c28-30(29,19-7-3-5-17-4-1-2-6-18(17)19)27-12-10-25(11-13-27)20-14-21(24-15-23-20)26-9-8-22-16-26/h1-9,14-16H,10-13H2. The van der Waals surface area contributed by atoms with Crippen molar-refractivity contribution >= 4 is 26.6 Å². The molecule has 1 aliphatic heterocycles. The molecule has 0 unspecified atom stereocenters. The Bertz CT molecular complexity index is 1280. The van der Waals surface area contributed by atoms with Crippen LogP contribution in [0.5, 0.6) is 0 Å². The molecule has 1 saturated heterocycles. The highest BCUT2D eigenvalue weighted by Crippen LogP contribution is 2.27. The number of benzene rings is 2. The predicted octanol–water partition coefficient (Wildman–Crippen LogP) is 2.33. The number of anilines is 1. The highest BCUT2D eigenvalue weighted by atomic mass is 32.2. The SMILES string of the molecule is O=S(=O)(c1cccc2ccccc12)N1CCN(c2cc(-n3ccnc3)ncn2)CC1. The Kier molecular flexibility index (Phi) is 4.68. The second-order valence-electron chi connectivity index (χ2n) is 7.07. The van der Waals surface area contributed by atoms with Crippen LogP contribution < -0.4 is 4.90 Å². The zero-order chi connectivity index (χ0) is 20.6. The minimum absolute atomic E-state index is 0.360. The molecular formula is C21H20N6O2S. The molecule has 1 aliphatic rings. The van der Waals surface area contributed by atoms with Crippen LogP contribution in [0.2, 0.25) is 0 Å². The van der Waals surface area contributed by atoms with Gasteiger partial charge in [0.05, 0.1) is 4.90 Å². The van der Waals surface area contributed by atoms with Crippen LogP contribution in [0.3, 0.4) is 0 Å². The molecule has 152 valence electrons. The summed E-state index contributed by atoms with van der Waals surface area (Å²) in [5, 5.41) is 1.67. The monoisotopic (exact) mass is 420 g/mol. The van der Waals surface area contributed by atoms with Gasteiger partial charge in [-0.1, -0.05) is 36.4 Å². The molecule has 5 rings (SSSR count). The van der Waals surface area contributed by atoms with Gasteiger partial charge in [0.15, 0.2) is 0 Å². The molecule has 0 N–H and O–H groups in total. The van der Waals surface area contributed by atoms with Crippen molar-refractivity contribution in [1.29, 1.82) is 0 Å². The lowest BCUT2D eigenvalue weighted by Crippen LogP contribution is -2.49. The number of hydrogen-bond acceptors (Lipinski definition) is 6. The third kappa shape index (κ3) is 3.31. The van der Waals surface area contributed by atoms with Crippen LogP contribution in [-0.4, -0.2) is 58.4 Å². The Hall–Kier alpha value is -3.30. The molecular weight excluding hydrogens is 400 g/mol. The van der Waals surface area contributed by atoms with Crippen molar-refractivity contribution in [3.8, 4) is 5.82 Å². The van der Waals surface area contributed by atoms with E-state index < -0.39 is 10.0 Å². The summed E-state index contributed by atoms with van der Waals surface area (Å²) < 4.78 is 30.0. The van der Waals surface area contributed by atoms with Crippen LogP contribution in [0.1, 0.15) is 0 Å². The molecule has 0 bridgehead atoms. The second kappa shape index (κ2) is 7.51. The summed E-state index contributed by atoms with van der Waals surface area (Å²) in [5.41, 5.74) is 0. The average Bonchev–Trinajstić information content (AvgIpc) is 3.34. The fourth-order valence-electron chi connectivity index (χ4n) is 3.76. The molecule has 0 spiro atoms. The largest absolute Gasteiger partial charge is 0.354 e. The van der Waals surface area contributed by atoms with Gasteiger partial charge in [-0.05, 0) is 11.5 Å². The molecule has 4 aromatic rings. The van der Waals surface area contributed by atoms with E-state index in [1.807, 2.05) is 47.2 Å². The van der Waals surface area contributed by atoms with Crippen molar-refractivity contribution in [2.75, 3.05) is 31.1 Å². The third-order valence-corrected chi connectivity index (χ3v) is 7.29. The molecule has 2 aromatic carbocycles. The van der Waals surface area contributed by atoms with E-state index in [9.17, 15) is 8.42 Å². The van der Waals surface area contributed by atoms with Gasteiger partial charge in [0.25, 0.3) is 0 Å². The maximum absolute atomic E-state index is 13.3. The van der Waals surface area contributed by atoms with Gasteiger partial charge in [-0.25, -0.2) is 23.4 Å². The topological polar surface area (TPSA) is 84.2 Å². The number of imidazole rings is 1. The lowest BCUT2D eigenvalue weighted by atomic mass is 10.1. The molecule has 1 fully saturated rings. The fourth-order valence-corrected chi connectivity index (χ4v) is 5.40. The summed E-state index contributed by atoms with van der Waals surface area (Å²) in [6.07, 6.45) is 6.71.